The van der Waals surface area contributed by atoms with Crippen LogP contribution in [0.15, 0.2) is 42.5 Å². The highest BCUT2D eigenvalue weighted by Crippen LogP contribution is 2.33. The lowest BCUT2D eigenvalue weighted by Gasteiger charge is -2.09. The Morgan fingerprint density at radius 2 is 1.58 bits per heavy atom. The fourth-order valence-electron chi connectivity index (χ4n) is 1.53. The zero-order valence-electron chi connectivity index (χ0n) is 10.0. The molecule has 2 aromatic rings. The van der Waals surface area contributed by atoms with Crippen molar-refractivity contribution < 1.29 is 14.3 Å². The Kier molecular flexibility index (Phi) is 4.30. The molecule has 5 heteroatoms. The van der Waals surface area contributed by atoms with Gasteiger partial charge in [0.05, 0.1) is 22.7 Å². The second-order valence-electron chi connectivity index (χ2n) is 3.67. The van der Waals surface area contributed by atoms with Crippen molar-refractivity contribution in [3.8, 4) is 11.5 Å². The van der Waals surface area contributed by atoms with Crippen LogP contribution in [0.5, 0.6) is 11.5 Å². The third-order valence-electron chi connectivity index (χ3n) is 2.38. The molecule has 98 valence electrons. The van der Waals surface area contributed by atoms with E-state index in [0.717, 1.165) is 0 Å². The van der Waals surface area contributed by atoms with Crippen molar-refractivity contribution in [2.24, 2.45) is 0 Å². The highest BCUT2D eigenvalue weighted by Gasteiger charge is 2.17. The number of rotatable bonds is 3. The van der Waals surface area contributed by atoms with Crippen molar-refractivity contribution in [1.82, 2.24) is 0 Å². The summed E-state index contributed by atoms with van der Waals surface area (Å²) in [4.78, 5) is 11.5. The van der Waals surface area contributed by atoms with E-state index < -0.39 is 5.97 Å². The van der Waals surface area contributed by atoms with Crippen molar-refractivity contribution in [3.63, 3.8) is 0 Å². The molecule has 19 heavy (non-hydrogen) atoms. The molecule has 2 rings (SSSR count). The number of hydrogen-bond donors (Lipinski definition) is 0. The molecule has 0 saturated carbocycles. The maximum atomic E-state index is 11.5. The molecule has 0 N–H and O–H groups in total. The van der Waals surface area contributed by atoms with Gasteiger partial charge in [0.1, 0.15) is 11.5 Å². The van der Waals surface area contributed by atoms with E-state index in [9.17, 15) is 4.79 Å². The average molecular weight is 297 g/mol. The third kappa shape index (κ3) is 3.19. The first-order chi connectivity index (χ1) is 9.11. The third-order valence-corrected chi connectivity index (χ3v) is 2.98. The van der Waals surface area contributed by atoms with Crippen LogP contribution in [-0.4, -0.2) is 13.1 Å². The van der Waals surface area contributed by atoms with E-state index >= 15 is 0 Å². The number of esters is 1. The zero-order chi connectivity index (χ0) is 13.8. The van der Waals surface area contributed by atoms with E-state index in [0.29, 0.717) is 11.5 Å². The Morgan fingerprint density at radius 1 is 1.00 bits per heavy atom. The maximum Gasteiger partial charge on any atom is 0.340 e. The molecule has 0 aliphatic heterocycles. The molecule has 0 aliphatic carbocycles. The molecule has 0 bridgehead atoms. The van der Waals surface area contributed by atoms with Gasteiger partial charge in [0, 0.05) is 12.1 Å². The van der Waals surface area contributed by atoms with Crippen LogP contribution in [0.2, 0.25) is 10.0 Å². The van der Waals surface area contributed by atoms with E-state index in [2.05, 4.69) is 4.74 Å². The van der Waals surface area contributed by atoms with Crippen molar-refractivity contribution in [3.05, 3.63) is 58.1 Å². The van der Waals surface area contributed by atoms with Gasteiger partial charge in [-0.1, -0.05) is 41.4 Å². The summed E-state index contributed by atoms with van der Waals surface area (Å²) < 4.78 is 10.2. The van der Waals surface area contributed by atoms with Gasteiger partial charge in [-0.2, -0.15) is 0 Å². The number of methoxy groups -OCH3 is 1. The molecular weight excluding hydrogens is 287 g/mol. The van der Waals surface area contributed by atoms with Crippen LogP contribution in [0.3, 0.4) is 0 Å². The van der Waals surface area contributed by atoms with Gasteiger partial charge in [0.15, 0.2) is 0 Å². The number of carbonyl (C=O) groups is 1. The van der Waals surface area contributed by atoms with E-state index in [4.69, 9.17) is 27.9 Å². The fourth-order valence-corrected chi connectivity index (χ4v) is 2.15. The van der Waals surface area contributed by atoms with Gasteiger partial charge in [-0.05, 0) is 12.1 Å². The molecule has 0 amide bonds. The number of ether oxygens (including phenoxy) is 2. The molecule has 3 nitrogen and oxygen atoms in total. The highest BCUT2D eigenvalue weighted by molar-refractivity contribution is 6.39. The Hall–Kier alpha value is -1.71. The van der Waals surface area contributed by atoms with Crippen molar-refractivity contribution in [2.45, 2.75) is 0 Å². The van der Waals surface area contributed by atoms with Gasteiger partial charge in [-0.15, -0.1) is 0 Å². The topological polar surface area (TPSA) is 35.5 Å². The summed E-state index contributed by atoms with van der Waals surface area (Å²) in [5, 5.41) is 0.371. The minimum Gasteiger partial charge on any atom is -0.465 e. The van der Waals surface area contributed by atoms with Crippen LogP contribution < -0.4 is 4.74 Å². The lowest BCUT2D eigenvalue weighted by atomic mass is 10.2. The molecular formula is C14H10Cl2O3. The molecule has 0 unspecified atom stereocenters. The van der Waals surface area contributed by atoms with Crippen molar-refractivity contribution in [2.75, 3.05) is 7.11 Å². The number of carbonyl (C=O) groups excluding carboxylic acids is 1. The van der Waals surface area contributed by atoms with E-state index in [1.54, 1.807) is 12.1 Å². The summed E-state index contributed by atoms with van der Waals surface area (Å²) in [5.74, 6) is 0.524. The minimum atomic E-state index is -0.582. The molecule has 0 aliphatic rings. The first-order valence-electron chi connectivity index (χ1n) is 5.42. The van der Waals surface area contributed by atoms with Crippen LogP contribution in [0.25, 0.3) is 0 Å². The molecule has 0 aromatic heterocycles. The quantitative estimate of drug-likeness (QED) is 0.778. The average Bonchev–Trinajstić information content (AvgIpc) is 2.38. The molecule has 0 spiro atoms. The zero-order valence-corrected chi connectivity index (χ0v) is 11.5. The Morgan fingerprint density at radius 3 is 2.11 bits per heavy atom. The molecule has 0 atom stereocenters. The van der Waals surface area contributed by atoms with Crippen molar-refractivity contribution >= 4 is 29.2 Å². The van der Waals surface area contributed by atoms with Gasteiger partial charge in [0.2, 0.25) is 0 Å². The van der Waals surface area contributed by atoms with Gasteiger partial charge in [-0.25, -0.2) is 4.79 Å². The molecule has 0 fully saturated rings. The maximum absolute atomic E-state index is 11.5. The minimum absolute atomic E-state index is 0.131. The van der Waals surface area contributed by atoms with Gasteiger partial charge >= 0.3 is 5.97 Å². The first kappa shape index (κ1) is 13.7. The van der Waals surface area contributed by atoms with Crippen LogP contribution in [0.4, 0.5) is 0 Å². The predicted octanol–water partition coefficient (Wildman–Crippen LogP) is 4.57. The van der Waals surface area contributed by atoms with Crippen molar-refractivity contribution in [1.29, 1.82) is 0 Å². The van der Waals surface area contributed by atoms with Gasteiger partial charge in [0.25, 0.3) is 0 Å². The lowest BCUT2D eigenvalue weighted by molar-refractivity contribution is 0.0601. The second kappa shape index (κ2) is 5.95. The smallest absolute Gasteiger partial charge is 0.340 e. The van der Waals surface area contributed by atoms with Crippen LogP contribution >= 0.6 is 23.2 Å². The largest absolute Gasteiger partial charge is 0.465 e. The predicted molar refractivity (Wildman–Crippen MR) is 74.3 cm³/mol. The number of hydrogen-bond acceptors (Lipinski definition) is 3. The summed E-state index contributed by atoms with van der Waals surface area (Å²) >= 11 is 12.0. The van der Waals surface area contributed by atoms with E-state index in [-0.39, 0.29) is 15.6 Å². The van der Waals surface area contributed by atoms with E-state index in [1.807, 2.05) is 18.2 Å². The SMILES string of the molecule is COC(=O)c1c(Cl)cc(Oc2ccccc2)cc1Cl. The van der Waals surface area contributed by atoms with E-state index in [1.165, 1.54) is 19.2 Å². The molecule has 2 aromatic carbocycles. The number of para-hydroxylation sites is 1. The normalized spacial score (nSPS) is 10.1. The Balaban J connectivity index is 2.33. The Bertz CT molecular complexity index is 574. The number of benzene rings is 2. The van der Waals surface area contributed by atoms with Gasteiger partial charge in [-0.3, -0.25) is 0 Å². The molecule has 0 saturated heterocycles. The molecule has 0 heterocycles. The summed E-state index contributed by atoms with van der Waals surface area (Å²) in [6.07, 6.45) is 0. The van der Waals surface area contributed by atoms with Crippen LogP contribution in [0.1, 0.15) is 10.4 Å². The number of halogens is 2. The summed E-state index contributed by atoms with van der Waals surface area (Å²) in [7, 11) is 1.27. The second-order valence-corrected chi connectivity index (χ2v) is 4.48. The Labute approximate surface area is 120 Å². The first-order valence-corrected chi connectivity index (χ1v) is 6.17. The lowest BCUT2D eigenvalue weighted by Crippen LogP contribution is -2.03. The van der Waals surface area contributed by atoms with Crippen LogP contribution in [0, 0.1) is 0 Å². The fraction of sp³-hybridized carbons (Fsp3) is 0.0714. The monoisotopic (exact) mass is 296 g/mol. The summed E-state index contributed by atoms with van der Waals surface area (Å²) in [6.45, 7) is 0. The highest BCUT2D eigenvalue weighted by atomic mass is 35.5. The summed E-state index contributed by atoms with van der Waals surface area (Å²) in [6, 6.07) is 12.2. The standard InChI is InChI=1S/C14H10Cl2O3/c1-18-14(17)13-11(15)7-10(8-12(13)16)19-9-5-3-2-4-6-9/h2-8H,1H3. The molecule has 0 radical (unpaired) electrons. The van der Waals surface area contributed by atoms with Crippen LogP contribution in [-0.2, 0) is 4.74 Å². The van der Waals surface area contributed by atoms with Gasteiger partial charge < -0.3 is 9.47 Å². The summed E-state index contributed by atoms with van der Waals surface area (Å²) in [5.41, 5.74) is 0.131.